The third-order valence-corrected chi connectivity index (χ3v) is 2.53. The highest BCUT2D eigenvalue weighted by molar-refractivity contribution is 6.02. The minimum absolute atomic E-state index is 0.259. The molecule has 0 aliphatic carbocycles. The van der Waals surface area contributed by atoms with E-state index in [2.05, 4.69) is 9.97 Å². The van der Waals surface area contributed by atoms with E-state index in [1.807, 2.05) is 36.4 Å². The standard InChI is InChI=1S/C13H8N2O/c16-12-8-9-4-1-2-5-10(9)11-6-3-7-14-13(11)15-12/h1-8H. The molecule has 0 radical (unpaired) electrons. The second-order valence-corrected chi connectivity index (χ2v) is 3.56. The van der Waals surface area contributed by atoms with Crippen molar-refractivity contribution in [2.45, 2.75) is 0 Å². The van der Waals surface area contributed by atoms with E-state index < -0.39 is 0 Å². The van der Waals surface area contributed by atoms with E-state index in [4.69, 9.17) is 0 Å². The van der Waals surface area contributed by atoms with Gasteiger partial charge in [0.1, 0.15) is 0 Å². The number of hydrogen-bond donors (Lipinski definition) is 0. The van der Waals surface area contributed by atoms with Gasteiger partial charge >= 0.3 is 0 Å². The topological polar surface area (TPSA) is 42.9 Å². The van der Waals surface area contributed by atoms with E-state index >= 15 is 0 Å². The van der Waals surface area contributed by atoms with Crippen LogP contribution in [0.25, 0.3) is 21.8 Å². The molecule has 0 bridgehead atoms. The molecule has 0 aliphatic rings. The van der Waals surface area contributed by atoms with Crippen LogP contribution in [0, 0.1) is 0 Å². The van der Waals surface area contributed by atoms with Crippen molar-refractivity contribution in [3.8, 4) is 0 Å². The summed E-state index contributed by atoms with van der Waals surface area (Å²) < 4.78 is 0. The molecule has 0 spiro atoms. The van der Waals surface area contributed by atoms with Gasteiger partial charge in [0.25, 0.3) is 5.56 Å². The summed E-state index contributed by atoms with van der Waals surface area (Å²) in [5, 5.41) is 2.79. The Labute approximate surface area is 91.4 Å². The monoisotopic (exact) mass is 208 g/mol. The average molecular weight is 208 g/mol. The third-order valence-electron chi connectivity index (χ3n) is 2.53. The van der Waals surface area contributed by atoms with Crippen molar-refractivity contribution in [3.05, 3.63) is 59.0 Å². The molecule has 0 atom stereocenters. The van der Waals surface area contributed by atoms with Gasteiger partial charge in [-0.15, -0.1) is 0 Å². The number of pyridine rings is 1. The van der Waals surface area contributed by atoms with Gasteiger partial charge in [0.15, 0.2) is 5.65 Å². The van der Waals surface area contributed by atoms with Gasteiger partial charge in [0.2, 0.25) is 0 Å². The van der Waals surface area contributed by atoms with Gasteiger partial charge < -0.3 is 0 Å². The van der Waals surface area contributed by atoms with Gasteiger partial charge in [-0.3, -0.25) is 4.79 Å². The highest BCUT2D eigenvalue weighted by Crippen LogP contribution is 2.18. The van der Waals surface area contributed by atoms with Crippen molar-refractivity contribution in [1.82, 2.24) is 9.97 Å². The summed E-state index contributed by atoms with van der Waals surface area (Å²) in [5.41, 5.74) is 0.235. The fourth-order valence-corrected chi connectivity index (χ4v) is 1.83. The zero-order valence-electron chi connectivity index (χ0n) is 8.42. The molecule has 2 aromatic heterocycles. The smallest absolute Gasteiger partial charge is 0.267 e. The van der Waals surface area contributed by atoms with E-state index in [9.17, 15) is 4.79 Å². The summed E-state index contributed by atoms with van der Waals surface area (Å²) in [5.74, 6) is 0. The molecule has 2 heterocycles. The van der Waals surface area contributed by atoms with Crippen molar-refractivity contribution in [2.24, 2.45) is 0 Å². The molecule has 3 nitrogen and oxygen atoms in total. The zero-order valence-corrected chi connectivity index (χ0v) is 8.42. The zero-order chi connectivity index (χ0) is 11.0. The Morgan fingerprint density at radius 3 is 2.69 bits per heavy atom. The SMILES string of the molecule is O=c1cc2ccccc2c2cccnc2n1. The molecular weight excluding hydrogens is 200 g/mol. The fourth-order valence-electron chi connectivity index (χ4n) is 1.83. The number of rotatable bonds is 0. The summed E-state index contributed by atoms with van der Waals surface area (Å²) in [6.07, 6.45) is 1.64. The van der Waals surface area contributed by atoms with E-state index in [-0.39, 0.29) is 5.56 Å². The van der Waals surface area contributed by atoms with Crippen molar-refractivity contribution in [2.75, 3.05) is 0 Å². The first kappa shape index (κ1) is 8.97. The largest absolute Gasteiger partial charge is 0.272 e. The lowest BCUT2D eigenvalue weighted by atomic mass is 10.1. The van der Waals surface area contributed by atoms with Crippen LogP contribution in [0.1, 0.15) is 0 Å². The highest BCUT2D eigenvalue weighted by Gasteiger charge is 2.00. The molecule has 0 saturated heterocycles. The van der Waals surface area contributed by atoms with Crippen LogP contribution in [0.3, 0.4) is 0 Å². The molecule has 1 aromatic carbocycles. The van der Waals surface area contributed by atoms with Crippen LogP contribution in [0.15, 0.2) is 53.5 Å². The number of fused-ring (bicyclic) bond motifs is 3. The summed E-state index contributed by atoms with van der Waals surface area (Å²) in [7, 11) is 0. The molecule has 0 aliphatic heterocycles. The first-order chi connectivity index (χ1) is 7.84. The molecule has 3 rings (SSSR count). The van der Waals surface area contributed by atoms with Gasteiger partial charge in [0, 0.05) is 17.6 Å². The maximum Gasteiger partial charge on any atom is 0.272 e. The minimum Gasteiger partial charge on any atom is -0.267 e. The Morgan fingerprint density at radius 1 is 0.938 bits per heavy atom. The molecule has 0 saturated carbocycles. The molecule has 0 fully saturated rings. The molecule has 0 unspecified atom stereocenters. The molecule has 16 heavy (non-hydrogen) atoms. The van der Waals surface area contributed by atoms with Crippen LogP contribution in [0.4, 0.5) is 0 Å². The molecule has 76 valence electrons. The Bertz CT molecular complexity index is 676. The summed E-state index contributed by atoms with van der Waals surface area (Å²) in [4.78, 5) is 19.6. The number of hydrogen-bond acceptors (Lipinski definition) is 3. The van der Waals surface area contributed by atoms with Gasteiger partial charge in [-0.1, -0.05) is 24.3 Å². The fraction of sp³-hybridized carbons (Fsp3) is 0. The van der Waals surface area contributed by atoms with Crippen LogP contribution in [0.2, 0.25) is 0 Å². The van der Waals surface area contributed by atoms with E-state index in [0.717, 1.165) is 16.2 Å². The Hall–Kier alpha value is -2.29. The molecule has 0 N–H and O–H groups in total. The average Bonchev–Trinajstić information content (AvgIpc) is 2.44. The van der Waals surface area contributed by atoms with Gasteiger partial charge in [0.05, 0.1) is 0 Å². The van der Waals surface area contributed by atoms with Gasteiger partial charge in [-0.05, 0) is 22.9 Å². The Morgan fingerprint density at radius 2 is 1.75 bits per heavy atom. The van der Waals surface area contributed by atoms with Crippen molar-refractivity contribution in [1.29, 1.82) is 0 Å². The lowest BCUT2D eigenvalue weighted by molar-refractivity contribution is 1.25. The maximum absolute atomic E-state index is 11.5. The third kappa shape index (κ3) is 1.34. The molecule has 3 heteroatoms. The van der Waals surface area contributed by atoms with Gasteiger partial charge in [-0.25, -0.2) is 4.98 Å². The first-order valence-corrected chi connectivity index (χ1v) is 4.99. The number of benzene rings is 1. The number of aromatic nitrogens is 2. The van der Waals surface area contributed by atoms with Crippen LogP contribution < -0.4 is 5.56 Å². The van der Waals surface area contributed by atoms with Crippen LogP contribution >= 0.6 is 0 Å². The van der Waals surface area contributed by atoms with Crippen molar-refractivity contribution < 1.29 is 0 Å². The number of nitrogens with zero attached hydrogens (tertiary/aromatic N) is 2. The first-order valence-electron chi connectivity index (χ1n) is 4.99. The predicted molar refractivity (Wildman–Crippen MR) is 63.3 cm³/mol. The van der Waals surface area contributed by atoms with Crippen molar-refractivity contribution in [3.63, 3.8) is 0 Å². The molecule has 0 amide bonds. The van der Waals surface area contributed by atoms with Crippen LogP contribution in [-0.2, 0) is 0 Å². The second kappa shape index (κ2) is 3.38. The van der Waals surface area contributed by atoms with E-state index in [0.29, 0.717) is 5.65 Å². The van der Waals surface area contributed by atoms with E-state index in [1.54, 1.807) is 6.20 Å². The summed E-state index contributed by atoms with van der Waals surface area (Å²) in [6, 6.07) is 13.0. The van der Waals surface area contributed by atoms with Crippen molar-refractivity contribution >= 4 is 21.8 Å². The predicted octanol–water partition coefficient (Wildman–Crippen LogP) is 2.14. The minimum atomic E-state index is -0.259. The highest BCUT2D eigenvalue weighted by atomic mass is 16.1. The maximum atomic E-state index is 11.5. The summed E-state index contributed by atoms with van der Waals surface area (Å²) in [6.45, 7) is 0. The Balaban J connectivity index is 2.72. The van der Waals surface area contributed by atoms with E-state index in [1.165, 1.54) is 6.07 Å². The van der Waals surface area contributed by atoms with Crippen LogP contribution in [-0.4, -0.2) is 9.97 Å². The summed E-state index contributed by atoms with van der Waals surface area (Å²) >= 11 is 0. The second-order valence-electron chi connectivity index (χ2n) is 3.56. The van der Waals surface area contributed by atoms with Gasteiger partial charge in [-0.2, -0.15) is 4.98 Å². The quantitative estimate of drug-likeness (QED) is 0.568. The lowest BCUT2D eigenvalue weighted by Crippen LogP contribution is -1.99. The normalized spacial score (nSPS) is 10.8. The molecule has 3 aromatic rings. The Kier molecular flexibility index (Phi) is 1.90. The lowest BCUT2D eigenvalue weighted by Gasteiger charge is -1.94. The van der Waals surface area contributed by atoms with Crippen LogP contribution in [0.5, 0.6) is 0 Å². The molecular formula is C13H8N2O.